The van der Waals surface area contributed by atoms with Crippen molar-refractivity contribution >= 4 is 70.6 Å². The normalized spacial score (nSPS) is 11.6. The summed E-state index contributed by atoms with van der Waals surface area (Å²) in [5.41, 5.74) is 6.33. The maximum absolute atomic E-state index is 6.17. The Bertz CT molecular complexity index is 2090. The van der Waals surface area contributed by atoms with Crippen LogP contribution in [0.3, 0.4) is 0 Å². The number of rotatable bonds is 4. The van der Waals surface area contributed by atoms with Gasteiger partial charge in [0.2, 0.25) is 0 Å². The Labute approximate surface area is 229 Å². The summed E-state index contributed by atoms with van der Waals surface area (Å²) in [5, 5.41) is 4.81. The molecule has 0 unspecified atom stereocenters. The van der Waals surface area contributed by atoms with Crippen molar-refractivity contribution < 1.29 is 4.42 Å². The summed E-state index contributed by atoms with van der Waals surface area (Å²) in [4.78, 5) is 6.89. The van der Waals surface area contributed by atoms with Crippen LogP contribution in [-0.2, 0) is 0 Å². The lowest BCUT2D eigenvalue weighted by atomic mass is 10.0. The first-order chi connectivity index (χ1) is 19.3. The Morgan fingerprint density at radius 1 is 0.513 bits per heavy atom. The zero-order valence-electron chi connectivity index (χ0n) is 20.9. The van der Waals surface area contributed by atoms with E-state index >= 15 is 0 Å². The maximum Gasteiger partial charge on any atom is 0.137 e. The summed E-state index contributed by atoms with van der Waals surface area (Å²) in [6.45, 7) is 0. The van der Waals surface area contributed by atoms with Gasteiger partial charge in [-0.1, -0.05) is 54.6 Å². The van der Waals surface area contributed by atoms with E-state index in [4.69, 9.17) is 4.42 Å². The molecule has 4 heteroatoms. The molecule has 0 N–H and O–H groups in total. The van der Waals surface area contributed by atoms with Crippen LogP contribution in [0.2, 0.25) is 0 Å². The highest BCUT2D eigenvalue weighted by Crippen LogP contribution is 2.41. The fourth-order valence-electron chi connectivity index (χ4n) is 5.47. The van der Waals surface area contributed by atoms with Crippen LogP contribution in [0.4, 0.5) is 17.2 Å². The number of anilines is 3. The first-order valence-corrected chi connectivity index (χ1v) is 13.8. The van der Waals surface area contributed by atoms with Gasteiger partial charge in [0.05, 0.1) is 0 Å². The number of benzene rings is 5. The van der Waals surface area contributed by atoms with E-state index in [9.17, 15) is 0 Å². The van der Waals surface area contributed by atoms with Crippen molar-refractivity contribution in [2.75, 3.05) is 4.90 Å². The van der Waals surface area contributed by atoms with Crippen LogP contribution >= 0.6 is 11.3 Å². The zero-order valence-corrected chi connectivity index (χ0v) is 21.7. The fraction of sp³-hybridized carbons (Fsp3) is 0. The third kappa shape index (κ3) is 3.69. The average Bonchev–Trinajstić information content (AvgIpc) is 3.55. The minimum Gasteiger partial charge on any atom is -0.456 e. The van der Waals surface area contributed by atoms with Gasteiger partial charge in [-0.05, 0) is 83.9 Å². The van der Waals surface area contributed by atoms with Crippen LogP contribution in [0.1, 0.15) is 0 Å². The molecule has 8 rings (SSSR count). The molecule has 0 saturated heterocycles. The van der Waals surface area contributed by atoms with Gasteiger partial charge in [0.25, 0.3) is 0 Å². The molecule has 39 heavy (non-hydrogen) atoms. The van der Waals surface area contributed by atoms with Crippen LogP contribution in [0.25, 0.3) is 53.2 Å². The Morgan fingerprint density at radius 3 is 2.10 bits per heavy atom. The Balaban J connectivity index is 1.28. The van der Waals surface area contributed by atoms with E-state index in [0.717, 1.165) is 44.7 Å². The quantitative estimate of drug-likeness (QED) is 0.232. The highest BCUT2D eigenvalue weighted by atomic mass is 32.1. The molecular weight excluding hydrogens is 496 g/mol. The number of hydrogen-bond acceptors (Lipinski definition) is 4. The third-order valence-electron chi connectivity index (χ3n) is 7.32. The summed E-state index contributed by atoms with van der Waals surface area (Å²) in [5.74, 6) is 0.891. The van der Waals surface area contributed by atoms with Crippen molar-refractivity contribution in [3.63, 3.8) is 0 Å². The van der Waals surface area contributed by atoms with Gasteiger partial charge >= 0.3 is 0 Å². The molecule has 0 spiro atoms. The smallest absolute Gasteiger partial charge is 0.137 e. The number of furan rings is 1. The Kier molecular flexibility index (Phi) is 5.00. The number of para-hydroxylation sites is 2. The Morgan fingerprint density at radius 2 is 1.23 bits per heavy atom. The van der Waals surface area contributed by atoms with Crippen LogP contribution in [-0.4, -0.2) is 4.98 Å². The number of pyridine rings is 1. The monoisotopic (exact) mass is 518 g/mol. The summed E-state index contributed by atoms with van der Waals surface area (Å²) in [6.07, 6.45) is 1.84. The standard InChI is InChI=1S/C35H22N2OS/c1-2-8-25(9-3-1)37(35-12-6-7-19-36-35)26-15-18-34-30(22-26)29-20-23(14-17-33(29)39-34)24-13-16-28-27-10-4-5-11-31(27)38-32(28)21-24/h1-22H. The highest BCUT2D eigenvalue weighted by molar-refractivity contribution is 7.25. The van der Waals surface area contributed by atoms with Crippen LogP contribution in [0, 0.1) is 0 Å². The van der Waals surface area contributed by atoms with Gasteiger partial charge in [-0.15, -0.1) is 11.3 Å². The first kappa shape index (κ1) is 22.1. The number of aromatic nitrogens is 1. The molecule has 0 saturated carbocycles. The number of nitrogens with zero attached hydrogens (tertiary/aromatic N) is 2. The van der Waals surface area contributed by atoms with Crippen LogP contribution in [0.5, 0.6) is 0 Å². The van der Waals surface area contributed by atoms with Gasteiger partial charge in [-0.2, -0.15) is 0 Å². The van der Waals surface area contributed by atoms with Gasteiger partial charge in [0.1, 0.15) is 17.0 Å². The van der Waals surface area contributed by atoms with Gasteiger partial charge < -0.3 is 4.42 Å². The molecule has 3 heterocycles. The maximum atomic E-state index is 6.17. The van der Waals surface area contributed by atoms with Crippen molar-refractivity contribution in [1.82, 2.24) is 4.98 Å². The van der Waals surface area contributed by atoms with Gasteiger partial charge in [0, 0.05) is 48.5 Å². The second-order valence-electron chi connectivity index (χ2n) is 9.66. The van der Waals surface area contributed by atoms with E-state index in [0.29, 0.717) is 0 Å². The van der Waals surface area contributed by atoms with E-state index in [2.05, 4.69) is 107 Å². The number of fused-ring (bicyclic) bond motifs is 6. The van der Waals surface area contributed by atoms with Crippen molar-refractivity contribution in [2.24, 2.45) is 0 Å². The molecule has 8 aromatic rings. The summed E-state index contributed by atoms with van der Waals surface area (Å²) < 4.78 is 8.72. The lowest BCUT2D eigenvalue weighted by Gasteiger charge is -2.24. The first-order valence-electron chi connectivity index (χ1n) is 13.0. The van der Waals surface area contributed by atoms with E-state index in [1.165, 1.54) is 25.7 Å². The average molecular weight is 519 g/mol. The fourth-order valence-corrected chi connectivity index (χ4v) is 6.53. The molecule has 5 aromatic carbocycles. The predicted molar refractivity (Wildman–Crippen MR) is 165 cm³/mol. The zero-order chi connectivity index (χ0) is 25.8. The largest absolute Gasteiger partial charge is 0.456 e. The summed E-state index contributed by atoms with van der Waals surface area (Å²) in [7, 11) is 0. The van der Waals surface area contributed by atoms with Crippen LogP contribution in [0.15, 0.2) is 138 Å². The Hall–Kier alpha value is -4.93. The highest BCUT2D eigenvalue weighted by Gasteiger charge is 2.16. The van der Waals surface area contributed by atoms with E-state index in [1.807, 2.05) is 47.9 Å². The lowest BCUT2D eigenvalue weighted by Crippen LogP contribution is -2.11. The lowest BCUT2D eigenvalue weighted by molar-refractivity contribution is 0.669. The molecule has 3 nitrogen and oxygen atoms in total. The molecule has 0 amide bonds. The second kappa shape index (κ2) is 8.83. The molecule has 0 aliphatic rings. The number of hydrogen-bond donors (Lipinski definition) is 0. The van der Waals surface area contributed by atoms with Crippen LogP contribution < -0.4 is 4.90 Å². The molecule has 0 aliphatic heterocycles. The molecule has 184 valence electrons. The van der Waals surface area contributed by atoms with Gasteiger partial charge in [-0.25, -0.2) is 4.98 Å². The predicted octanol–water partition coefficient (Wildman–Crippen LogP) is 10.5. The molecule has 0 bridgehead atoms. The summed E-state index contributed by atoms with van der Waals surface area (Å²) >= 11 is 1.83. The molecule has 0 radical (unpaired) electrons. The van der Waals surface area contributed by atoms with Crippen molar-refractivity contribution in [3.8, 4) is 11.1 Å². The topological polar surface area (TPSA) is 29.3 Å². The van der Waals surface area contributed by atoms with E-state index in [-0.39, 0.29) is 0 Å². The van der Waals surface area contributed by atoms with Gasteiger partial charge in [0.15, 0.2) is 0 Å². The van der Waals surface area contributed by atoms with E-state index in [1.54, 1.807) is 0 Å². The molecule has 3 aromatic heterocycles. The van der Waals surface area contributed by atoms with Crippen molar-refractivity contribution in [1.29, 1.82) is 0 Å². The van der Waals surface area contributed by atoms with Gasteiger partial charge in [-0.3, -0.25) is 4.90 Å². The van der Waals surface area contributed by atoms with Crippen molar-refractivity contribution in [3.05, 3.63) is 134 Å². The second-order valence-corrected chi connectivity index (χ2v) is 10.7. The molecular formula is C35H22N2OS. The number of thiophene rings is 1. The van der Waals surface area contributed by atoms with Crippen molar-refractivity contribution in [2.45, 2.75) is 0 Å². The molecule has 0 fully saturated rings. The minimum absolute atomic E-state index is 0.891. The SMILES string of the molecule is c1ccc(N(c2ccc3sc4ccc(-c5ccc6c(c5)oc5ccccc56)cc4c3c2)c2ccccn2)cc1. The molecule has 0 aliphatic carbocycles. The third-order valence-corrected chi connectivity index (χ3v) is 8.47. The molecule has 0 atom stereocenters. The summed E-state index contributed by atoms with van der Waals surface area (Å²) in [6, 6.07) is 44.7. The minimum atomic E-state index is 0.891. The van der Waals surface area contributed by atoms with E-state index < -0.39 is 0 Å².